The summed E-state index contributed by atoms with van der Waals surface area (Å²) in [6.45, 7) is 6.26. The highest BCUT2D eigenvalue weighted by atomic mass is 35.5. The van der Waals surface area contributed by atoms with Crippen LogP contribution in [0.25, 0.3) is 0 Å². The maximum atomic E-state index is 12.3. The summed E-state index contributed by atoms with van der Waals surface area (Å²) in [5.74, 6) is 0.602. The molecular formula is C14H20ClNO2. The van der Waals surface area contributed by atoms with Crippen molar-refractivity contribution < 1.29 is 9.53 Å². The van der Waals surface area contributed by atoms with Gasteiger partial charge in [0.05, 0.1) is 12.7 Å². The second-order valence-corrected chi connectivity index (χ2v) is 5.71. The van der Waals surface area contributed by atoms with Gasteiger partial charge in [-0.15, -0.1) is 0 Å². The van der Waals surface area contributed by atoms with Gasteiger partial charge < -0.3 is 10.5 Å². The molecule has 2 N–H and O–H groups in total. The van der Waals surface area contributed by atoms with Gasteiger partial charge >= 0.3 is 0 Å². The topological polar surface area (TPSA) is 52.3 Å². The molecule has 100 valence electrons. The number of hydrogen-bond donors (Lipinski definition) is 1. The molecule has 0 unspecified atom stereocenters. The Labute approximate surface area is 113 Å². The maximum absolute atomic E-state index is 12.3. The van der Waals surface area contributed by atoms with Crippen molar-refractivity contribution in [3.05, 3.63) is 28.3 Å². The van der Waals surface area contributed by atoms with E-state index in [1.165, 1.54) is 0 Å². The summed E-state index contributed by atoms with van der Waals surface area (Å²) in [6, 6.07) is 3.44. The highest BCUT2D eigenvalue weighted by Crippen LogP contribution is 2.31. The largest absolute Gasteiger partial charge is 0.496 e. The molecule has 0 heterocycles. The second kappa shape index (κ2) is 5.72. The smallest absolute Gasteiger partial charge is 0.167 e. The zero-order valence-electron chi connectivity index (χ0n) is 11.3. The van der Waals surface area contributed by atoms with E-state index >= 15 is 0 Å². The van der Waals surface area contributed by atoms with Crippen LogP contribution in [0.2, 0.25) is 5.02 Å². The van der Waals surface area contributed by atoms with E-state index in [-0.39, 0.29) is 11.2 Å². The SMILES string of the molecule is COc1c(C)cc(Cl)cc1C(=O)CC(C)(C)CN. The Balaban J connectivity index is 3.13. The van der Waals surface area contributed by atoms with Crippen LogP contribution in [0.5, 0.6) is 5.75 Å². The molecule has 1 aromatic carbocycles. The molecule has 0 fully saturated rings. The van der Waals surface area contributed by atoms with E-state index in [0.29, 0.717) is 29.3 Å². The fraction of sp³-hybridized carbons (Fsp3) is 0.500. The van der Waals surface area contributed by atoms with Gasteiger partial charge in [-0.1, -0.05) is 25.4 Å². The van der Waals surface area contributed by atoms with E-state index in [9.17, 15) is 4.79 Å². The highest BCUT2D eigenvalue weighted by Gasteiger charge is 2.24. The Morgan fingerprint density at radius 2 is 2.06 bits per heavy atom. The van der Waals surface area contributed by atoms with Crippen LogP contribution in [0.1, 0.15) is 36.2 Å². The Morgan fingerprint density at radius 3 is 2.56 bits per heavy atom. The zero-order valence-corrected chi connectivity index (χ0v) is 12.1. The van der Waals surface area contributed by atoms with Gasteiger partial charge in [0.2, 0.25) is 0 Å². The Kier molecular flexibility index (Phi) is 4.77. The van der Waals surface area contributed by atoms with Crippen molar-refractivity contribution in [3.8, 4) is 5.75 Å². The number of methoxy groups -OCH3 is 1. The molecular weight excluding hydrogens is 250 g/mol. The van der Waals surface area contributed by atoms with Crippen molar-refractivity contribution >= 4 is 17.4 Å². The average molecular weight is 270 g/mol. The van der Waals surface area contributed by atoms with Gasteiger partial charge in [-0.25, -0.2) is 0 Å². The van der Waals surface area contributed by atoms with Gasteiger partial charge in [-0.05, 0) is 36.6 Å². The van der Waals surface area contributed by atoms with Gasteiger partial charge in [0.15, 0.2) is 5.78 Å². The number of rotatable bonds is 5. The van der Waals surface area contributed by atoms with Gasteiger partial charge in [-0.3, -0.25) is 4.79 Å². The van der Waals surface area contributed by atoms with Crippen molar-refractivity contribution in [2.24, 2.45) is 11.1 Å². The van der Waals surface area contributed by atoms with E-state index in [1.807, 2.05) is 20.8 Å². The summed E-state index contributed by atoms with van der Waals surface area (Å²) in [5, 5.41) is 0.544. The summed E-state index contributed by atoms with van der Waals surface area (Å²) >= 11 is 6.00. The first kappa shape index (κ1) is 15.0. The summed E-state index contributed by atoms with van der Waals surface area (Å²) in [6.07, 6.45) is 0.375. The molecule has 1 rings (SSSR count). The standard InChI is InChI=1S/C14H20ClNO2/c1-9-5-10(15)6-11(13(9)18-4)12(17)7-14(2,3)8-16/h5-6H,7-8,16H2,1-4H3. The minimum absolute atomic E-state index is 0.00731. The van der Waals surface area contributed by atoms with Gasteiger partial charge in [0.1, 0.15) is 5.75 Å². The molecule has 0 atom stereocenters. The fourth-order valence-electron chi connectivity index (χ4n) is 1.81. The normalized spacial score (nSPS) is 11.4. The number of ether oxygens (including phenoxy) is 1. The Morgan fingerprint density at radius 1 is 1.44 bits per heavy atom. The van der Waals surface area contributed by atoms with Crippen LogP contribution in [-0.2, 0) is 0 Å². The van der Waals surface area contributed by atoms with Gasteiger partial charge in [0, 0.05) is 11.4 Å². The first-order valence-electron chi connectivity index (χ1n) is 5.88. The molecule has 0 aliphatic heterocycles. The molecule has 0 spiro atoms. The lowest BCUT2D eigenvalue weighted by Gasteiger charge is -2.22. The monoisotopic (exact) mass is 269 g/mol. The van der Waals surface area contributed by atoms with Crippen molar-refractivity contribution in [3.63, 3.8) is 0 Å². The molecule has 0 aliphatic rings. The van der Waals surface area contributed by atoms with Crippen LogP contribution in [0.4, 0.5) is 0 Å². The number of carbonyl (C=O) groups is 1. The van der Waals surface area contributed by atoms with Crippen LogP contribution in [0.3, 0.4) is 0 Å². The highest BCUT2D eigenvalue weighted by molar-refractivity contribution is 6.31. The zero-order chi connectivity index (χ0) is 13.9. The summed E-state index contributed by atoms with van der Waals surface area (Å²) < 4.78 is 5.29. The average Bonchev–Trinajstić information content (AvgIpc) is 2.27. The lowest BCUT2D eigenvalue weighted by Crippen LogP contribution is -2.26. The summed E-state index contributed by atoms with van der Waals surface area (Å²) in [7, 11) is 1.56. The predicted octanol–water partition coefficient (Wildman–Crippen LogP) is 3.21. The quantitative estimate of drug-likeness (QED) is 0.835. The van der Waals surface area contributed by atoms with E-state index in [1.54, 1.807) is 19.2 Å². The molecule has 0 saturated heterocycles. The number of Topliss-reactive ketones (excluding diaryl/α,β-unsaturated/α-hetero) is 1. The lowest BCUT2D eigenvalue weighted by molar-refractivity contribution is 0.0931. The molecule has 4 heteroatoms. The molecule has 3 nitrogen and oxygen atoms in total. The molecule has 0 aromatic heterocycles. The molecule has 0 saturated carbocycles. The number of nitrogens with two attached hydrogens (primary N) is 1. The number of benzene rings is 1. The van der Waals surface area contributed by atoms with Crippen LogP contribution in [0, 0.1) is 12.3 Å². The van der Waals surface area contributed by atoms with Crippen molar-refractivity contribution in [2.75, 3.05) is 13.7 Å². The Bertz CT molecular complexity index is 455. The first-order chi connectivity index (χ1) is 8.30. The van der Waals surface area contributed by atoms with Gasteiger partial charge in [-0.2, -0.15) is 0 Å². The number of hydrogen-bond acceptors (Lipinski definition) is 3. The predicted molar refractivity (Wildman–Crippen MR) is 74.5 cm³/mol. The fourth-order valence-corrected chi connectivity index (χ4v) is 2.08. The number of carbonyl (C=O) groups excluding carboxylic acids is 1. The molecule has 1 aromatic rings. The molecule has 0 bridgehead atoms. The third-order valence-electron chi connectivity index (χ3n) is 2.94. The van der Waals surface area contributed by atoms with Crippen molar-refractivity contribution in [2.45, 2.75) is 27.2 Å². The summed E-state index contributed by atoms with van der Waals surface area (Å²) in [4.78, 5) is 12.3. The van der Waals surface area contributed by atoms with Crippen LogP contribution in [-0.4, -0.2) is 19.4 Å². The third-order valence-corrected chi connectivity index (χ3v) is 3.15. The van der Waals surface area contributed by atoms with Crippen molar-refractivity contribution in [1.29, 1.82) is 0 Å². The maximum Gasteiger partial charge on any atom is 0.167 e. The second-order valence-electron chi connectivity index (χ2n) is 5.27. The third kappa shape index (κ3) is 3.47. The van der Waals surface area contributed by atoms with E-state index < -0.39 is 0 Å². The minimum atomic E-state index is -0.224. The molecule has 0 aliphatic carbocycles. The van der Waals surface area contributed by atoms with Gasteiger partial charge in [0.25, 0.3) is 0 Å². The van der Waals surface area contributed by atoms with Crippen molar-refractivity contribution in [1.82, 2.24) is 0 Å². The number of halogens is 1. The van der Waals surface area contributed by atoms with Crippen LogP contribution < -0.4 is 10.5 Å². The summed E-state index contributed by atoms with van der Waals surface area (Å²) in [5.41, 5.74) is 6.82. The molecule has 0 radical (unpaired) electrons. The van der Waals surface area contributed by atoms with E-state index in [4.69, 9.17) is 22.1 Å². The molecule has 18 heavy (non-hydrogen) atoms. The lowest BCUT2D eigenvalue weighted by atomic mass is 9.85. The van der Waals surface area contributed by atoms with Crippen LogP contribution >= 0.6 is 11.6 Å². The van der Waals surface area contributed by atoms with E-state index in [0.717, 1.165) is 5.56 Å². The molecule has 0 amide bonds. The number of ketones is 1. The van der Waals surface area contributed by atoms with Crippen LogP contribution in [0.15, 0.2) is 12.1 Å². The van der Waals surface area contributed by atoms with E-state index in [2.05, 4.69) is 0 Å². The number of aryl methyl sites for hydroxylation is 1. The Hall–Kier alpha value is -1.06. The minimum Gasteiger partial charge on any atom is -0.496 e. The first-order valence-corrected chi connectivity index (χ1v) is 6.26.